The molecule has 2 amide bonds. The Morgan fingerprint density at radius 3 is 2.41 bits per heavy atom. The van der Waals surface area contributed by atoms with Crippen molar-refractivity contribution in [1.82, 2.24) is 15.1 Å². The van der Waals surface area contributed by atoms with Crippen molar-refractivity contribution >= 4 is 11.8 Å². The zero-order valence-electron chi connectivity index (χ0n) is 15.8. The van der Waals surface area contributed by atoms with Crippen LogP contribution in [0.2, 0.25) is 0 Å². The number of carbonyl (C=O) groups is 2. The molecule has 0 aromatic heterocycles. The number of amides is 2. The third-order valence-electron chi connectivity index (χ3n) is 5.66. The summed E-state index contributed by atoms with van der Waals surface area (Å²) in [6, 6.07) is 5.96. The molecule has 1 aromatic carbocycles. The van der Waals surface area contributed by atoms with E-state index in [1.54, 1.807) is 12.1 Å². The summed E-state index contributed by atoms with van der Waals surface area (Å²) in [6.07, 6.45) is 4.80. The lowest BCUT2D eigenvalue weighted by atomic mass is 9.81. The molecule has 27 heavy (non-hydrogen) atoms. The van der Waals surface area contributed by atoms with Gasteiger partial charge in [0.15, 0.2) is 0 Å². The zero-order chi connectivity index (χ0) is 19.3. The van der Waals surface area contributed by atoms with Crippen LogP contribution in [0.3, 0.4) is 0 Å². The Bertz CT molecular complexity index is 668. The van der Waals surface area contributed by atoms with Gasteiger partial charge in [0.25, 0.3) is 5.91 Å². The van der Waals surface area contributed by atoms with E-state index in [4.69, 9.17) is 5.73 Å². The summed E-state index contributed by atoms with van der Waals surface area (Å²) in [5, 5.41) is 2.76. The second kappa shape index (κ2) is 8.80. The first-order valence-corrected chi connectivity index (χ1v) is 9.83. The van der Waals surface area contributed by atoms with Crippen LogP contribution in [0.4, 0.5) is 4.39 Å². The maximum absolute atomic E-state index is 13.6. The molecule has 1 aliphatic heterocycles. The van der Waals surface area contributed by atoms with Gasteiger partial charge in [-0.2, -0.15) is 0 Å². The average Bonchev–Trinajstić information content (AvgIpc) is 2.69. The van der Waals surface area contributed by atoms with E-state index in [0.29, 0.717) is 26.2 Å². The number of carbonyl (C=O) groups excluding carboxylic acids is 2. The lowest BCUT2D eigenvalue weighted by Crippen LogP contribution is -2.60. The standard InChI is InChI=1S/C20H29FN4O2/c21-17-7-3-2-6-16(17)18(26)23-10-11-24-12-14-25(15-13-24)19(27)20(22)8-4-1-5-9-20/h2-3,6-7H,1,4-5,8-15,22H2,(H,23,26). The molecule has 7 heteroatoms. The number of nitrogens with two attached hydrogens (primary N) is 1. The van der Waals surface area contributed by atoms with Gasteiger partial charge in [0, 0.05) is 39.3 Å². The van der Waals surface area contributed by atoms with Crippen LogP contribution < -0.4 is 11.1 Å². The van der Waals surface area contributed by atoms with Crippen LogP contribution in [-0.2, 0) is 4.79 Å². The van der Waals surface area contributed by atoms with E-state index >= 15 is 0 Å². The summed E-state index contributed by atoms with van der Waals surface area (Å²) < 4.78 is 13.6. The van der Waals surface area contributed by atoms with E-state index in [-0.39, 0.29) is 11.5 Å². The first kappa shape index (κ1) is 19.8. The highest BCUT2D eigenvalue weighted by atomic mass is 19.1. The van der Waals surface area contributed by atoms with Crippen molar-refractivity contribution in [2.75, 3.05) is 39.3 Å². The van der Waals surface area contributed by atoms with Crippen molar-refractivity contribution < 1.29 is 14.0 Å². The van der Waals surface area contributed by atoms with Crippen LogP contribution in [0, 0.1) is 5.82 Å². The fourth-order valence-electron chi connectivity index (χ4n) is 3.95. The summed E-state index contributed by atoms with van der Waals surface area (Å²) in [4.78, 5) is 28.9. The zero-order valence-corrected chi connectivity index (χ0v) is 15.8. The maximum Gasteiger partial charge on any atom is 0.254 e. The molecule has 1 aromatic rings. The summed E-state index contributed by atoms with van der Waals surface area (Å²) >= 11 is 0. The Morgan fingerprint density at radius 2 is 1.74 bits per heavy atom. The van der Waals surface area contributed by atoms with Gasteiger partial charge in [-0.1, -0.05) is 31.4 Å². The minimum Gasteiger partial charge on any atom is -0.351 e. The molecule has 2 aliphatic rings. The minimum atomic E-state index is -0.672. The van der Waals surface area contributed by atoms with Crippen molar-refractivity contribution in [3.05, 3.63) is 35.6 Å². The highest BCUT2D eigenvalue weighted by molar-refractivity contribution is 5.94. The largest absolute Gasteiger partial charge is 0.351 e. The molecular weight excluding hydrogens is 347 g/mol. The monoisotopic (exact) mass is 376 g/mol. The molecule has 148 valence electrons. The van der Waals surface area contributed by atoms with Gasteiger partial charge in [0.05, 0.1) is 11.1 Å². The number of hydrogen-bond acceptors (Lipinski definition) is 4. The van der Waals surface area contributed by atoms with Gasteiger partial charge in [-0.25, -0.2) is 4.39 Å². The van der Waals surface area contributed by atoms with Gasteiger partial charge in [0.2, 0.25) is 5.91 Å². The number of nitrogens with one attached hydrogen (secondary N) is 1. The normalized spacial score (nSPS) is 20.3. The molecule has 1 heterocycles. The Kier molecular flexibility index (Phi) is 6.44. The topological polar surface area (TPSA) is 78.7 Å². The van der Waals surface area contributed by atoms with Gasteiger partial charge < -0.3 is 16.0 Å². The van der Waals surface area contributed by atoms with E-state index < -0.39 is 17.3 Å². The van der Waals surface area contributed by atoms with Crippen LogP contribution in [0.1, 0.15) is 42.5 Å². The van der Waals surface area contributed by atoms with E-state index in [1.807, 2.05) is 4.90 Å². The molecule has 3 rings (SSSR count). The van der Waals surface area contributed by atoms with Crippen LogP contribution in [0.5, 0.6) is 0 Å². The van der Waals surface area contributed by atoms with Gasteiger partial charge >= 0.3 is 0 Å². The van der Waals surface area contributed by atoms with E-state index in [1.165, 1.54) is 18.6 Å². The second-order valence-electron chi connectivity index (χ2n) is 7.59. The average molecular weight is 376 g/mol. The highest BCUT2D eigenvalue weighted by Gasteiger charge is 2.39. The third-order valence-corrected chi connectivity index (χ3v) is 5.66. The van der Waals surface area contributed by atoms with Crippen molar-refractivity contribution in [1.29, 1.82) is 0 Å². The van der Waals surface area contributed by atoms with Gasteiger partial charge in [-0.3, -0.25) is 14.5 Å². The van der Waals surface area contributed by atoms with Gasteiger partial charge in [-0.05, 0) is 25.0 Å². The number of benzene rings is 1. The number of halogens is 1. The molecule has 1 saturated carbocycles. The van der Waals surface area contributed by atoms with E-state index in [2.05, 4.69) is 10.2 Å². The summed E-state index contributed by atoms with van der Waals surface area (Å²) in [5.41, 5.74) is 5.76. The van der Waals surface area contributed by atoms with Crippen molar-refractivity contribution in [2.24, 2.45) is 5.73 Å². The Morgan fingerprint density at radius 1 is 1.07 bits per heavy atom. The van der Waals surface area contributed by atoms with E-state index in [0.717, 1.165) is 38.8 Å². The predicted molar refractivity (Wildman–Crippen MR) is 102 cm³/mol. The summed E-state index contributed by atoms with van der Waals surface area (Å²) in [6.45, 7) is 3.98. The van der Waals surface area contributed by atoms with Crippen molar-refractivity contribution in [2.45, 2.75) is 37.6 Å². The third kappa shape index (κ3) is 4.84. The van der Waals surface area contributed by atoms with Crippen LogP contribution in [-0.4, -0.2) is 66.4 Å². The highest BCUT2D eigenvalue weighted by Crippen LogP contribution is 2.28. The molecule has 6 nitrogen and oxygen atoms in total. The number of piperazine rings is 1. The summed E-state index contributed by atoms with van der Waals surface area (Å²) in [5.74, 6) is -0.820. The quantitative estimate of drug-likeness (QED) is 0.813. The molecule has 0 bridgehead atoms. The van der Waals surface area contributed by atoms with Gasteiger partial charge in [0.1, 0.15) is 5.82 Å². The van der Waals surface area contributed by atoms with Crippen molar-refractivity contribution in [3.8, 4) is 0 Å². The van der Waals surface area contributed by atoms with Crippen LogP contribution in [0.25, 0.3) is 0 Å². The molecule has 0 unspecified atom stereocenters. The molecule has 0 radical (unpaired) electrons. The maximum atomic E-state index is 13.6. The predicted octanol–water partition coefficient (Wildman–Crippen LogP) is 1.36. The fraction of sp³-hybridized carbons (Fsp3) is 0.600. The van der Waals surface area contributed by atoms with Crippen molar-refractivity contribution in [3.63, 3.8) is 0 Å². The fourth-order valence-corrected chi connectivity index (χ4v) is 3.95. The lowest BCUT2D eigenvalue weighted by molar-refractivity contribution is -0.140. The van der Waals surface area contributed by atoms with Crippen LogP contribution in [0.15, 0.2) is 24.3 Å². The van der Waals surface area contributed by atoms with Crippen LogP contribution >= 0.6 is 0 Å². The number of nitrogens with zero attached hydrogens (tertiary/aromatic N) is 2. The Balaban J connectivity index is 1.40. The van der Waals surface area contributed by atoms with E-state index in [9.17, 15) is 14.0 Å². The number of rotatable bonds is 5. The molecule has 0 atom stereocenters. The van der Waals surface area contributed by atoms with Gasteiger partial charge in [-0.15, -0.1) is 0 Å². The molecule has 3 N–H and O–H groups in total. The summed E-state index contributed by atoms with van der Waals surface area (Å²) in [7, 11) is 0. The molecule has 0 spiro atoms. The number of hydrogen-bond donors (Lipinski definition) is 2. The molecule has 1 saturated heterocycles. The second-order valence-corrected chi connectivity index (χ2v) is 7.59. The Hall–Kier alpha value is -1.99. The minimum absolute atomic E-state index is 0.0636. The Labute approximate surface area is 159 Å². The molecule has 1 aliphatic carbocycles. The molecular formula is C20H29FN4O2. The lowest BCUT2D eigenvalue weighted by Gasteiger charge is -2.41. The smallest absolute Gasteiger partial charge is 0.254 e. The molecule has 2 fully saturated rings. The first-order valence-electron chi connectivity index (χ1n) is 9.83. The first-order chi connectivity index (χ1) is 13.0. The SMILES string of the molecule is NC1(C(=O)N2CCN(CCNC(=O)c3ccccc3F)CC2)CCCCC1.